The lowest BCUT2D eigenvalue weighted by Gasteiger charge is -2.10. The van der Waals surface area contributed by atoms with Gasteiger partial charge in [-0.05, 0) is 19.1 Å². The Morgan fingerprint density at radius 3 is 2.75 bits per heavy atom. The summed E-state index contributed by atoms with van der Waals surface area (Å²) in [6, 6.07) is 7.52. The number of para-hydroxylation sites is 2. The fraction of sp³-hybridized carbons (Fsp3) is 0.143. The number of imidazole rings is 1. The van der Waals surface area contributed by atoms with Crippen molar-refractivity contribution in [2.75, 3.05) is 0 Å². The molecule has 0 spiro atoms. The highest BCUT2D eigenvalue weighted by atomic mass is 16.1. The molecule has 3 aromatic rings. The van der Waals surface area contributed by atoms with Crippen LogP contribution in [0.4, 0.5) is 0 Å². The highest BCUT2D eigenvalue weighted by molar-refractivity contribution is 5.93. The third kappa shape index (κ3) is 2.35. The van der Waals surface area contributed by atoms with Crippen molar-refractivity contribution < 1.29 is 4.79 Å². The van der Waals surface area contributed by atoms with Crippen LogP contribution >= 0.6 is 0 Å². The molecule has 0 aliphatic rings. The summed E-state index contributed by atoms with van der Waals surface area (Å²) < 4.78 is 0. The Balaban J connectivity index is 1.79. The average molecular weight is 267 g/mol. The molecule has 0 radical (unpaired) electrons. The largest absolute Gasteiger partial charge is 0.342 e. The molecule has 2 aromatic heterocycles. The van der Waals surface area contributed by atoms with E-state index >= 15 is 0 Å². The molecule has 1 amide bonds. The second-order valence-electron chi connectivity index (χ2n) is 4.46. The third-order valence-corrected chi connectivity index (χ3v) is 2.99. The van der Waals surface area contributed by atoms with Gasteiger partial charge in [0.05, 0.1) is 22.6 Å². The van der Waals surface area contributed by atoms with Gasteiger partial charge in [-0.3, -0.25) is 4.79 Å². The van der Waals surface area contributed by atoms with Crippen molar-refractivity contribution >= 4 is 16.9 Å². The molecule has 0 aliphatic heterocycles. The van der Waals surface area contributed by atoms with Gasteiger partial charge in [-0.25, -0.2) is 15.0 Å². The smallest absolute Gasteiger partial charge is 0.254 e. The van der Waals surface area contributed by atoms with Crippen molar-refractivity contribution in [1.82, 2.24) is 25.3 Å². The van der Waals surface area contributed by atoms with E-state index in [1.165, 1.54) is 18.7 Å². The van der Waals surface area contributed by atoms with Gasteiger partial charge >= 0.3 is 0 Å². The van der Waals surface area contributed by atoms with Crippen molar-refractivity contribution in [2.45, 2.75) is 13.0 Å². The van der Waals surface area contributed by atoms with E-state index < -0.39 is 0 Å². The number of rotatable bonds is 3. The molecule has 6 nitrogen and oxygen atoms in total. The Labute approximate surface area is 115 Å². The standard InChI is InChI=1S/C14H13N5O/c1-9(17-14(20)10-6-15-8-16-7-10)13-18-11-4-2-3-5-12(11)19-13/h2-9H,1H3,(H,17,20)(H,18,19). The third-order valence-electron chi connectivity index (χ3n) is 2.99. The normalized spacial score (nSPS) is 12.2. The highest BCUT2D eigenvalue weighted by Gasteiger charge is 2.14. The molecule has 0 fully saturated rings. The number of fused-ring (bicyclic) bond motifs is 1. The molecule has 2 N–H and O–H groups in total. The molecule has 0 aliphatic carbocycles. The van der Waals surface area contributed by atoms with E-state index in [0.717, 1.165) is 16.9 Å². The maximum Gasteiger partial charge on any atom is 0.254 e. The summed E-state index contributed by atoms with van der Waals surface area (Å²) in [6.45, 7) is 1.87. The molecule has 20 heavy (non-hydrogen) atoms. The molecular formula is C14H13N5O. The average Bonchev–Trinajstić information content (AvgIpc) is 2.92. The molecule has 3 rings (SSSR count). The van der Waals surface area contributed by atoms with Gasteiger partial charge < -0.3 is 10.3 Å². The monoisotopic (exact) mass is 267 g/mol. The quantitative estimate of drug-likeness (QED) is 0.758. The van der Waals surface area contributed by atoms with Crippen LogP contribution in [0.25, 0.3) is 11.0 Å². The SMILES string of the molecule is CC(NC(=O)c1cncnc1)c1nc2ccccc2[nH]1. The molecule has 2 heterocycles. The second-order valence-corrected chi connectivity index (χ2v) is 4.46. The molecule has 1 aromatic carbocycles. The number of carbonyl (C=O) groups excluding carboxylic acids is 1. The summed E-state index contributed by atoms with van der Waals surface area (Å²) in [5.41, 5.74) is 2.26. The lowest BCUT2D eigenvalue weighted by Crippen LogP contribution is -2.27. The van der Waals surface area contributed by atoms with Crippen molar-refractivity contribution in [3.8, 4) is 0 Å². The molecule has 1 unspecified atom stereocenters. The highest BCUT2D eigenvalue weighted by Crippen LogP contribution is 2.15. The minimum Gasteiger partial charge on any atom is -0.342 e. The van der Waals surface area contributed by atoms with Crippen LogP contribution in [0.3, 0.4) is 0 Å². The van der Waals surface area contributed by atoms with Gasteiger partial charge in [0.2, 0.25) is 0 Å². The van der Waals surface area contributed by atoms with Crippen LogP contribution in [0.15, 0.2) is 43.0 Å². The van der Waals surface area contributed by atoms with Crippen LogP contribution in [0.1, 0.15) is 29.1 Å². The minimum absolute atomic E-state index is 0.224. The van der Waals surface area contributed by atoms with Gasteiger partial charge in [-0.1, -0.05) is 12.1 Å². The first-order valence-corrected chi connectivity index (χ1v) is 6.24. The van der Waals surface area contributed by atoms with Gasteiger partial charge in [0.1, 0.15) is 12.2 Å². The van der Waals surface area contributed by atoms with Crippen molar-refractivity contribution in [3.63, 3.8) is 0 Å². The topological polar surface area (TPSA) is 83.6 Å². The number of amides is 1. The van der Waals surface area contributed by atoms with Gasteiger partial charge in [-0.2, -0.15) is 0 Å². The van der Waals surface area contributed by atoms with Crippen molar-refractivity contribution in [1.29, 1.82) is 0 Å². The Morgan fingerprint density at radius 2 is 2.00 bits per heavy atom. The molecular weight excluding hydrogens is 254 g/mol. The van der Waals surface area contributed by atoms with E-state index in [-0.39, 0.29) is 11.9 Å². The fourth-order valence-electron chi connectivity index (χ4n) is 1.94. The number of nitrogens with zero attached hydrogens (tertiary/aromatic N) is 3. The Kier molecular flexibility index (Phi) is 3.12. The maximum atomic E-state index is 12.0. The maximum absolute atomic E-state index is 12.0. The predicted octanol–water partition coefficient (Wildman–Crippen LogP) is 1.84. The first kappa shape index (κ1) is 12.3. The van der Waals surface area contributed by atoms with E-state index in [1.807, 2.05) is 31.2 Å². The lowest BCUT2D eigenvalue weighted by atomic mass is 10.2. The van der Waals surface area contributed by atoms with E-state index in [0.29, 0.717) is 5.56 Å². The number of aromatic amines is 1. The summed E-state index contributed by atoms with van der Waals surface area (Å²) in [5, 5.41) is 2.86. The van der Waals surface area contributed by atoms with Crippen LogP contribution < -0.4 is 5.32 Å². The number of hydrogen-bond donors (Lipinski definition) is 2. The molecule has 0 bridgehead atoms. The molecule has 6 heteroatoms. The number of benzene rings is 1. The van der Waals surface area contributed by atoms with E-state index in [2.05, 4.69) is 25.3 Å². The zero-order valence-electron chi connectivity index (χ0n) is 10.9. The fourth-order valence-corrected chi connectivity index (χ4v) is 1.94. The van der Waals surface area contributed by atoms with Crippen LogP contribution in [-0.2, 0) is 0 Å². The Morgan fingerprint density at radius 1 is 1.25 bits per heavy atom. The minimum atomic E-state index is -0.227. The van der Waals surface area contributed by atoms with Crippen LogP contribution in [0.2, 0.25) is 0 Å². The Hall–Kier alpha value is -2.76. The van der Waals surface area contributed by atoms with Crippen molar-refractivity contribution in [2.24, 2.45) is 0 Å². The van der Waals surface area contributed by atoms with E-state index in [4.69, 9.17) is 0 Å². The zero-order valence-corrected chi connectivity index (χ0v) is 10.9. The summed E-state index contributed by atoms with van der Waals surface area (Å²) >= 11 is 0. The summed E-state index contributed by atoms with van der Waals surface area (Å²) in [4.78, 5) is 27.3. The van der Waals surface area contributed by atoms with Crippen molar-refractivity contribution in [3.05, 3.63) is 54.4 Å². The summed E-state index contributed by atoms with van der Waals surface area (Å²) in [5.74, 6) is 0.495. The second kappa shape index (κ2) is 5.08. The van der Waals surface area contributed by atoms with Crippen LogP contribution in [0.5, 0.6) is 0 Å². The molecule has 0 saturated carbocycles. The Bertz CT molecular complexity index is 704. The predicted molar refractivity (Wildman–Crippen MR) is 74.0 cm³/mol. The number of hydrogen-bond acceptors (Lipinski definition) is 4. The first-order valence-electron chi connectivity index (χ1n) is 6.24. The van der Waals surface area contributed by atoms with Crippen LogP contribution in [0, 0.1) is 0 Å². The molecule has 0 saturated heterocycles. The summed E-state index contributed by atoms with van der Waals surface area (Å²) in [7, 11) is 0. The lowest BCUT2D eigenvalue weighted by molar-refractivity contribution is 0.0937. The number of nitrogens with one attached hydrogen (secondary N) is 2. The summed E-state index contributed by atoms with van der Waals surface area (Å²) in [6.07, 6.45) is 4.35. The van der Waals surface area contributed by atoms with E-state index in [1.54, 1.807) is 0 Å². The molecule has 100 valence electrons. The van der Waals surface area contributed by atoms with E-state index in [9.17, 15) is 4.79 Å². The number of carbonyl (C=O) groups is 1. The number of aromatic nitrogens is 4. The zero-order chi connectivity index (χ0) is 13.9. The first-order chi connectivity index (χ1) is 9.74. The van der Waals surface area contributed by atoms with Gasteiger partial charge in [0, 0.05) is 12.4 Å². The number of H-pyrrole nitrogens is 1. The molecule has 1 atom stereocenters. The van der Waals surface area contributed by atoms with Gasteiger partial charge in [-0.15, -0.1) is 0 Å². The van der Waals surface area contributed by atoms with Crippen LogP contribution in [-0.4, -0.2) is 25.8 Å². The van der Waals surface area contributed by atoms with Gasteiger partial charge in [0.25, 0.3) is 5.91 Å². The van der Waals surface area contributed by atoms with Gasteiger partial charge in [0.15, 0.2) is 0 Å².